The number of nitrogens with one attached hydrogen (secondary N) is 1. The molecule has 0 radical (unpaired) electrons. The van der Waals surface area contributed by atoms with Crippen LogP contribution in [0, 0.1) is 0 Å². The Morgan fingerprint density at radius 3 is 2.93 bits per heavy atom. The molecule has 2 aromatic heterocycles. The molecule has 0 aliphatic heterocycles. The lowest BCUT2D eigenvalue weighted by atomic mass is 10.2. The highest BCUT2D eigenvalue weighted by Crippen LogP contribution is 2.19. The Morgan fingerprint density at radius 1 is 1.57 bits per heavy atom. The van der Waals surface area contributed by atoms with Crippen molar-refractivity contribution in [2.24, 2.45) is 7.05 Å². The molecular weight excluding hydrogens is 184 g/mol. The zero-order valence-corrected chi connectivity index (χ0v) is 7.43. The summed E-state index contributed by atoms with van der Waals surface area (Å²) in [6.45, 7) is 0. The first-order chi connectivity index (χ1) is 6.70. The third-order valence-corrected chi connectivity index (χ3v) is 1.94. The van der Waals surface area contributed by atoms with Gasteiger partial charge in [-0.3, -0.25) is 5.10 Å². The van der Waals surface area contributed by atoms with Crippen molar-refractivity contribution in [1.82, 2.24) is 19.7 Å². The number of H-pyrrole nitrogens is 1. The van der Waals surface area contributed by atoms with Crippen LogP contribution in [0.3, 0.4) is 0 Å². The van der Waals surface area contributed by atoms with Crippen molar-refractivity contribution in [1.29, 1.82) is 0 Å². The van der Waals surface area contributed by atoms with Crippen molar-refractivity contribution in [2.45, 2.75) is 0 Å². The van der Waals surface area contributed by atoms with Gasteiger partial charge in [-0.2, -0.15) is 5.10 Å². The second kappa shape index (κ2) is 2.99. The topological polar surface area (TPSA) is 83.8 Å². The third-order valence-electron chi connectivity index (χ3n) is 1.94. The fraction of sp³-hybridized carbons (Fsp3) is 0.125. The normalized spacial score (nSPS) is 10.4. The van der Waals surface area contributed by atoms with E-state index in [4.69, 9.17) is 5.11 Å². The minimum Gasteiger partial charge on any atom is -0.478 e. The summed E-state index contributed by atoms with van der Waals surface area (Å²) in [4.78, 5) is 14.7. The smallest absolute Gasteiger partial charge is 0.339 e. The molecule has 0 amide bonds. The van der Waals surface area contributed by atoms with Gasteiger partial charge in [-0.25, -0.2) is 9.78 Å². The highest BCUT2D eigenvalue weighted by molar-refractivity contribution is 5.93. The van der Waals surface area contributed by atoms with E-state index in [1.54, 1.807) is 24.1 Å². The SMILES string of the molecule is Cn1cncc1-c1[nH]ncc1C(=O)O. The van der Waals surface area contributed by atoms with Crippen LogP contribution in [0.4, 0.5) is 0 Å². The zero-order chi connectivity index (χ0) is 10.1. The molecule has 0 unspecified atom stereocenters. The predicted molar refractivity (Wildman–Crippen MR) is 47.7 cm³/mol. The Balaban J connectivity index is 2.57. The van der Waals surface area contributed by atoms with E-state index < -0.39 is 5.97 Å². The first-order valence-electron chi connectivity index (χ1n) is 3.93. The summed E-state index contributed by atoms with van der Waals surface area (Å²) >= 11 is 0. The highest BCUT2D eigenvalue weighted by atomic mass is 16.4. The number of aromatic amines is 1. The van der Waals surface area contributed by atoms with Crippen LogP contribution >= 0.6 is 0 Å². The van der Waals surface area contributed by atoms with E-state index in [0.717, 1.165) is 0 Å². The van der Waals surface area contributed by atoms with Crippen molar-refractivity contribution in [3.05, 3.63) is 24.3 Å². The van der Waals surface area contributed by atoms with Gasteiger partial charge in [0.25, 0.3) is 0 Å². The fourth-order valence-corrected chi connectivity index (χ4v) is 1.24. The standard InChI is InChI=1S/C8H8N4O2/c1-12-4-9-3-6(12)7-5(8(13)14)2-10-11-7/h2-4H,1H3,(H,10,11)(H,13,14). The van der Waals surface area contributed by atoms with Crippen LogP contribution in [0.15, 0.2) is 18.7 Å². The summed E-state index contributed by atoms with van der Waals surface area (Å²) in [7, 11) is 1.79. The quantitative estimate of drug-likeness (QED) is 0.726. The van der Waals surface area contributed by atoms with Crippen LogP contribution in [0.5, 0.6) is 0 Å². The number of imidazole rings is 1. The fourth-order valence-electron chi connectivity index (χ4n) is 1.24. The molecule has 2 heterocycles. The van der Waals surface area contributed by atoms with Gasteiger partial charge in [-0.1, -0.05) is 0 Å². The number of nitrogens with zero attached hydrogens (tertiary/aromatic N) is 3. The van der Waals surface area contributed by atoms with Crippen molar-refractivity contribution in [2.75, 3.05) is 0 Å². The lowest BCUT2D eigenvalue weighted by Gasteiger charge is -1.99. The Labute approximate surface area is 79.2 Å². The van der Waals surface area contributed by atoms with E-state index in [-0.39, 0.29) is 5.56 Å². The highest BCUT2D eigenvalue weighted by Gasteiger charge is 2.15. The average Bonchev–Trinajstić information content (AvgIpc) is 2.70. The summed E-state index contributed by atoms with van der Waals surface area (Å²) in [5.74, 6) is -1.00. The van der Waals surface area contributed by atoms with Gasteiger partial charge in [-0.15, -0.1) is 0 Å². The van der Waals surface area contributed by atoms with Gasteiger partial charge in [0.2, 0.25) is 0 Å². The number of carboxylic acid groups (broad SMARTS) is 1. The molecule has 0 aromatic carbocycles. The van der Waals surface area contributed by atoms with Crippen LogP contribution in [0.1, 0.15) is 10.4 Å². The van der Waals surface area contributed by atoms with Gasteiger partial charge < -0.3 is 9.67 Å². The maximum absolute atomic E-state index is 10.8. The molecule has 0 aliphatic rings. The third kappa shape index (κ3) is 1.17. The molecule has 0 atom stereocenters. The molecule has 6 heteroatoms. The van der Waals surface area contributed by atoms with Crippen LogP contribution in [0.2, 0.25) is 0 Å². The van der Waals surface area contributed by atoms with E-state index in [1.807, 2.05) is 0 Å². The number of aromatic nitrogens is 4. The van der Waals surface area contributed by atoms with Crippen molar-refractivity contribution in [3.63, 3.8) is 0 Å². The lowest BCUT2D eigenvalue weighted by Crippen LogP contribution is -1.99. The van der Waals surface area contributed by atoms with Crippen LogP contribution in [-0.2, 0) is 7.05 Å². The molecule has 72 valence electrons. The van der Waals surface area contributed by atoms with Gasteiger partial charge >= 0.3 is 5.97 Å². The molecule has 6 nitrogen and oxygen atoms in total. The molecule has 14 heavy (non-hydrogen) atoms. The second-order valence-electron chi connectivity index (χ2n) is 2.85. The van der Waals surface area contributed by atoms with Crippen LogP contribution in [0.25, 0.3) is 11.4 Å². The summed E-state index contributed by atoms with van der Waals surface area (Å²) in [5, 5.41) is 15.2. The van der Waals surface area contributed by atoms with Gasteiger partial charge in [0, 0.05) is 7.05 Å². The summed E-state index contributed by atoms with van der Waals surface area (Å²) in [5.41, 5.74) is 1.31. The van der Waals surface area contributed by atoms with Gasteiger partial charge in [-0.05, 0) is 0 Å². The Hall–Kier alpha value is -2.11. The molecular formula is C8H8N4O2. The minimum absolute atomic E-state index is 0.147. The first-order valence-corrected chi connectivity index (χ1v) is 3.93. The number of aromatic carboxylic acids is 1. The Kier molecular flexibility index (Phi) is 1.81. The van der Waals surface area contributed by atoms with E-state index in [1.165, 1.54) is 6.20 Å². The molecule has 2 N–H and O–H groups in total. The number of carboxylic acids is 1. The Bertz CT molecular complexity index is 471. The molecule has 0 bridgehead atoms. The molecule has 0 spiro atoms. The number of aryl methyl sites for hydroxylation is 1. The maximum atomic E-state index is 10.8. The molecule has 0 fully saturated rings. The van der Waals surface area contributed by atoms with Crippen LogP contribution < -0.4 is 0 Å². The molecule has 2 rings (SSSR count). The van der Waals surface area contributed by atoms with Crippen LogP contribution in [-0.4, -0.2) is 30.8 Å². The van der Waals surface area contributed by atoms with E-state index in [0.29, 0.717) is 11.4 Å². The van der Waals surface area contributed by atoms with Crippen molar-refractivity contribution in [3.8, 4) is 11.4 Å². The van der Waals surface area contributed by atoms with E-state index in [2.05, 4.69) is 15.2 Å². The monoisotopic (exact) mass is 192 g/mol. The molecule has 0 saturated heterocycles. The molecule has 0 saturated carbocycles. The molecule has 2 aromatic rings. The minimum atomic E-state index is -1.00. The van der Waals surface area contributed by atoms with Crippen molar-refractivity contribution < 1.29 is 9.90 Å². The summed E-state index contributed by atoms with van der Waals surface area (Å²) in [6.07, 6.45) is 4.46. The van der Waals surface area contributed by atoms with Gasteiger partial charge in [0.05, 0.1) is 30.1 Å². The van der Waals surface area contributed by atoms with Gasteiger partial charge in [0.15, 0.2) is 0 Å². The average molecular weight is 192 g/mol. The molecule has 0 aliphatic carbocycles. The first kappa shape index (κ1) is 8.49. The summed E-state index contributed by atoms with van der Waals surface area (Å²) < 4.78 is 1.72. The largest absolute Gasteiger partial charge is 0.478 e. The summed E-state index contributed by atoms with van der Waals surface area (Å²) in [6, 6.07) is 0. The van der Waals surface area contributed by atoms with E-state index in [9.17, 15) is 4.79 Å². The number of carbonyl (C=O) groups is 1. The lowest BCUT2D eigenvalue weighted by molar-refractivity contribution is 0.0698. The number of hydrogen-bond donors (Lipinski definition) is 2. The second-order valence-corrected chi connectivity index (χ2v) is 2.85. The zero-order valence-electron chi connectivity index (χ0n) is 7.43. The predicted octanol–water partition coefficient (Wildman–Crippen LogP) is 0.508. The number of rotatable bonds is 2. The Morgan fingerprint density at radius 2 is 2.36 bits per heavy atom. The van der Waals surface area contributed by atoms with Crippen molar-refractivity contribution >= 4 is 5.97 Å². The van der Waals surface area contributed by atoms with E-state index >= 15 is 0 Å². The van der Waals surface area contributed by atoms with Gasteiger partial charge in [0.1, 0.15) is 5.56 Å². The maximum Gasteiger partial charge on any atom is 0.339 e. The number of hydrogen-bond acceptors (Lipinski definition) is 3.